The van der Waals surface area contributed by atoms with Crippen LogP contribution in [0.15, 0.2) is 48.2 Å². The zero-order valence-corrected chi connectivity index (χ0v) is 15.2. The van der Waals surface area contributed by atoms with Crippen LogP contribution in [0.1, 0.15) is 0 Å². The van der Waals surface area contributed by atoms with E-state index in [-0.39, 0.29) is 10.6 Å². The van der Waals surface area contributed by atoms with Crippen LogP contribution in [-0.4, -0.2) is 13.0 Å². The zero-order valence-electron chi connectivity index (χ0n) is 12.9. The number of carbonyl (C=O) groups is 1. The van der Waals surface area contributed by atoms with Crippen LogP contribution in [0.25, 0.3) is 0 Å². The summed E-state index contributed by atoms with van der Waals surface area (Å²) >= 11 is 17.8. The van der Waals surface area contributed by atoms with Gasteiger partial charge in [-0.3, -0.25) is 4.79 Å². The lowest BCUT2D eigenvalue weighted by Crippen LogP contribution is -2.14. The molecule has 8 heteroatoms. The Bertz CT molecular complexity index is 876. The van der Waals surface area contributed by atoms with E-state index in [2.05, 4.69) is 10.6 Å². The number of carbonyl (C=O) groups excluding carboxylic acids is 1. The molecule has 2 rings (SSSR count). The Labute approximate surface area is 159 Å². The second-order valence-electron chi connectivity index (χ2n) is 4.74. The predicted octanol–water partition coefficient (Wildman–Crippen LogP) is 5.11. The third-order valence-corrected chi connectivity index (χ3v) is 3.92. The van der Waals surface area contributed by atoms with Crippen molar-refractivity contribution >= 4 is 52.1 Å². The van der Waals surface area contributed by atoms with Crippen molar-refractivity contribution < 1.29 is 9.53 Å². The number of rotatable bonds is 5. The molecule has 0 aromatic heterocycles. The molecule has 0 bridgehead atoms. The van der Waals surface area contributed by atoms with E-state index in [9.17, 15) is 10.1 Å². The number of benzene rings is 2. The lowest BCUT2D eigenvalue weighted by molar-refractivity contribution is -0.112. The number of nitrogens with one attached hydrogen (secondary N) is 2. The minimum absolute atomic E-state index is 0.141. The molecule has 0 heterocycles. The first-order chi connectivity index (χ1) is 11.9. The minimum atomic E-state index is -0.612. The van der Waals surface area contributed by atoms with Gasteiger partial charge in [-0.05, 0) is 36.4 Å². The van der Waals surface area contributed by atoms with Gasteiger partial charge in [-0.1, -0.05) is 34.8 Å². The maximum atomic E-state index is 12.2. The number of amides is 1. The van der Waals surface area contributed by atoms with Gasteiger partial charge in [-0.25, -0.2) is 0 Å². The fourth-order valence-electron chi connectivity index (χ4n) is 1.84. The largest absolute Gasteiger partial charge is 0.495 e. The highest BCUT2D eigenvalue weighted by molar-refractivity contribution is 6.36. The molecule has 2 aromatic rings. The molecule has 0 saturated carbocycles. The number of ether oxygens (including phenoxy) is 1. The fourth-order valence-corrected chi connectivity index (χ4v) is 2.55. The highest BCUT2D eigenvalue weighted by atomic mass is 35.5. The van der Waals surface area contributed by atoms with Crippen LogP contribution in [0.3, 0.4) is 0 Å². The Morgan fingerprint density at radius 1 is 1.16 bits per heavy atom. The van der Waals surface area contributed by atoms with Gasteiger partial charge < -0.3 is 15.4 Å². The highest BCUT2D eigenvalue weighted by Crippen LogP contribution is 2.28. The number of hydrogen-bond donors (Lipinski definition) is 2. The van der Waals surface area contributed by atoms with E-state index in [0.29, 0.717) is 27.2 Å². The standard InChI is InChI=1S/C17H12Cl3N3O2/c1-25-16-5-3-12(7-14(16)20)22-9-10(8-21)17(24)23-15-4-2-11(18)6-13(15)19/h2-7,9,22H,1H3,(H,23,24)/b10-9-. The van der Waals surface area contributed by atoms with Crippen molar-refractivity contribution in [1.29, 1.82) is 5.26 Å². The lowest BCUT2D eigenvalue weighted by atomic mass is 10.2. The Kier molecular flexibility index (Phi) is 6.54. The van der Waals surface area contributed by atoms with Crippen LogP contribution in [0, 0.1) is 11.3 Å². The van der Waals surface area contributed by atoms with Crippen LogP contribution in [0.5, 0.6) is 5.75 Å². The number of nitrogens with zero attached hydrogens (tertiary/aromatic N) is 1. The molecule has 0 aliphatic heterocycles. The van der Waals surface area contributed by atoms with Crippen molar-refractivity contribution in [3.05, 3.63) is 63.2 Å². The molecule has 2 N–H and O–H groups in total. The van der Waals surface area contributed by atoms with Crippen molar-refractivity contribution in [2.45, 2.75) is 0 Å². The highest BCUT2D eigenvalue weighted by Gasteiger charge is 2.12. The lowest BCUT2D eigenvalue weighted by Gasteiger charge is -2.08. The summed E-state index contributed by atoms with van der Waals surface area (Å²) in [5, 5.41) is 15.7. The summed E-state index contributed by atoms with van der Waals surface area (Å²) in [6.45, 7) is 0. The van der Waals surface area contributed by atoms with Gasteiger partial charge in [0.05, 0.1) is 22.8 Å². The van der Waals surface area contributed by atoms with Gasteiger partial charge in [0.2, 0.25) is 0 Å². The first kappa shape index (κ1) is 18.9. The molecule has 0 atom stereocenters. The minimum Gasteiger partial charge on any atom is -0.495 e. The average Bonchev–Trinajstić information content (AvgIpc) is 2.58. The van der Waals surface area contributed by atoms with Crippen molar-refractivity contribution in [3.8, 4) is 11.8 Å². The fraction of sp³-hybridized carbons (Fsp3) is 0.0588. The molecule has 0 fully saturated rings. The second-order valence-corrected chi connectivity index (χ2v) is 5.99. The van der Waals surface area contributed by atoms with E-state index in [1.807, 2.05) is 6.07 Å². The molecule has 128 valence electrons. The van der Waals surface area contributed by atoms with Crippen LogP contribution in [-0.2, 0) is 4.79 Å². The van der Waals surface area contributed by atoms with E-state index >= 15 is 0 Å². The first-order valence-corrected chi connectivity index (χ1v) is 8.04. The van der Waals surface area contributed by atoms with E-state index < -0.39 is 5.91 Å². The van der Waals surface area contributed by atoms with E-state index in [1.165, 1.54) is 19.4 Å². The van der Waals surface area contributed by atoms with E-state index in [1.54, 1.807) is 30.3 Å². The van der Waals surface area contributed by atoms with E-state index in [0.717, 1.165) is 0 Å². The van der Waals surface area contributed by atoms with Gasteiger partial charge in [0, 0.05) is 16.9 Å². The summed E-state index contributed by atoms with van der Waals surface area (Å²) in [6.07, 6.45) is 1.28. The van der Waals surface area contributed by atoms with Gasteiger partial charge in [-0.2, -0.15) is 5.26 Å². The topological polar surface area (TPSA) is 74.1 Å². The summed E-state index contributed by atoms with van der Waals surface area (Å²) in [6, 6.07) is 11.4. The summed E-state index contributed by atoms with van der Waals surface area (Å²) in [5.41, 5.74) is 0.804. The smallest absolute Gasteiger partial charge is 0.267 e. The van der Waals surface area contributed by atoms with Gasteiger partial charge in [0.25, 0.3) is 5.91 Å². The molecule has 5 nitrogen and oxygen atoms in total. The molecular formula is C17H12Cl3N3O2. The molecule has 1 amide bonds. The molecule has 25 heavy (non-hydrogen) atoms. The number of anilines is 2. The summed E-state index contributed by atoms with van der Waals surface area (Å²) < 4.78 is 5.06. The van der Waals surface area contributed by atoms with Crippen LogP contribution >= 0.6 is 34.8 Å². The zero-order chi connectivity index (χ0) is 18.4. The Morgan fingerprint density at radius 2 is 1.92 bits per heavy atom. The van der Waals surface area contributed by atoms with Crippen molar-refractivity contribution in [2.24, 2.45) is 0 Å². The second kappa shape index (κ2) is 8.63. The van der Waals surface area contributed by atoms with Crippen LogP contribution in [0.4, 0.5) is 11.4 Å². The monoisotopic (exact) mass is 395 g/mol. The Morgan fingerprint density at radius 3 is 2.52 bits per heavy atom. The summed E-state index contributed by atoms with van der Waals surface area (Å²) in [4.78, 5) is 12.2. The molecule has 0 aliphatic carbocycles. The average molecular weight is 397 g/mol. The van der Waals surface area contributed by atoms with Gasteiger partial charge in [0.15, 0.2) is 0 Å². The van der Waals surface area contributed by atoms with Crippen LogP contribution < -0.4 is 15.4 Å². The Balaban J connectivity index is 2.12. The molecule has 0 unspecified atom stereocenters. The first-order valence-electron chi connectivity index (χ1n) is 6.91. The van der Waals surface area contributed by atoms with E-state index in [4.69, 9.17) is 39.5 Å². The number of nitriles is 1. The maximum Gasteiger partial charge on any atom is 0.267 e. The van der Waals surface area contributed by atoms with Gasteiger partial charge in [0.1, 0.15) is 17.4 Å². The van der Waals surface area contributed by atoms with Crippen molar-refractivity contribution in [3.63, 3.8) is 0 Å². The molecule has 0 saturated heterocycles. The third kappa shape index (κ3) is 5.04. The molecule has 0 spiro atoms. The number of halogens is 3. The molecular weight excluding hydrogens is 385 g/mol. The van der Waals surface area contributed by atoms with Gasteiger partial charge >= 0.3 is 0 Å². The van der Waals surface area contributed by atoms with Crippen LogP contribution in [0.2, 0.25) is 15.1 Å². The molecule has 2 aromatic carbocycles. The summed E-state index contributed by atoms with van der Waals surface area (Å²) in [5.74, 6) is -0.0920. The quantitative estimate of drug-likeness (QED) is 0.544. The number of hydrogen-bond acceptors (Lipinski definition) is 4. The van der Waals surface area contributed by atoms with Crippen molar-refractivity contribution in [1.82, 2.24) is 0 Å². The van der Waals surface area contributed by atoms with Gasteiger partial charge in [-0.15, -0.1) is 0 Å². The predicted molar refractivity (Wildman–Crippen MR) is 100 cm³/mol. The van der Waals surface area contributed by atoms with Crippen molar-refractivity contribution in [2.75, 3.05) is 17.7 Å². The normalized spacial score (nSPS) is 10.8. The SMILES string of the molecule is COc1ccc(N/C=C(/C#N)C(=O)Nc2ccc(Cl)cc2Cl)cc1Cl. The molecule has 0 aliphatic rings. The molecule has 0 radical (unpaired) electrons. The third-order valence-electron chi connectivity index (χ3n) is 3.08. The summed E-state index contributed by atoms with van der Waals surface area (Å²) in [7, 11) is 1.51. The Hall–Kier alpha value is -2.39. The number of methoxy groups -OCH3 is 1. The maximum absolute atomic E-state index is 12.2.